The second-order valence-corrected chi connectivity index (χ2v) is 16.4. The highest BCUT2D eigenvalue weighted by Gasteiger charge is 2.52. The molecule has 0 bridgehead atoms. The summed E-state index contributed by atoms with van der Waals surface area (Å²) >= 11 is 13.1. The molecule has 8 nitrogen and oxygen atoms in total. The molecule has 49 heavy (non-hydrogen) atoms. The first-order valence-electron chi connectivity index (χ1n) is 17.5. The van der Waals surface area contributed by atoms with E-state index in [-0.39, 0.29) is 34.5 Å². The number of aryl methyl sites for hydroxylation is 1. The minimum atomic E-state index is -1.10. The number of anilines is 1. The van der Waals surface area contributed by atoms with Crippen LogP contribution in [0.4, 0.5) is 5.69 Å². The molecule has 2 heterocycles. The number of hydrogen-bond acceptors (Lipinski definition) is 7. The summed E-state index contributed by atoms with van der Waals surface area (Å²) in [6.45, 7) is 8.41. The molecule has 2 aromatic carbocycles. The van der Waals surface area contributed by atoms with Gasteiger partial charge in [-0.15, -0.1) is 0 Å². The van der Waals surface area contributed by atoms with E-state index in [0.29, 0.717) is 12.2 Å². The van der Waals surface area contributed by atoms with Crippen LogP contribution in [0.1, 0.15) is 73.9 Å². The molecule has 0 spiro atoms. The number of methoxy groups -OCH3 is 1. The van der Waals surface area contributed by atoms with Crippen molar-refractivity contribution in [3.05, 3.63) is 82.2 Å². The van der Waals surface area contributed by atoms with Gasteiger partial charge < -0.3 is 24.6 Å². The summed E-state index contributed by atoms with van der Waals surface area (Å²) in [7, 11) is 4.41. The predicted molar refractivity (Wildman–Crippen MR) is 202 cm³/mol. The summed E-state index contributed by atoms with van der Waals surface area (Å²) in [6.07, 6.45) is 12.1. The maximum atomic E-state index is 12.5. The Morgan fingerprint density at radius 3 is 2.65 bits per heavy atom. The van der Waals surface area contributed by atoms with E-state index in [1.807, 2.05) is 49.3 Å². The number of hydrogen-bond donors (Lipinski definition) is 2. The SMILES string of the molecule is CCCc1cc(Cl)ccc1C1COc2ccc(C=O)cc2N(CC2CCC2[C@](/C=C/CC(C)C(C)S(=O)NC)(OC)C2=CNC(Cl)N2C)C1. The smallest absolute Gasteiger partial charge is 0.177 e. The molecule has 11 heteroatoms. The lowest BCUT2D eigenvalue weighted by Gasteiger charge is -2.51. The van der Waals surface area contributed by atoms with Crippen LogP contribution in [0.25, 0.3) is 0 Å². The Balaban J connectivity index is 1.48. The van der Waals surface area contributed by atoms with Gasteiger partial charge in [0.1, 0.15) is 17.6 Å². The van der Waals surface area contributed by atoms with Crippen molar-refractivity contribution in [1.29, 1.82) is 0 Å². The third-order valence-corrected chi connectivity index (χ3v) is 13.1. The summed E-state index contributed by atoms with van der Waals surface area (Å²) in [4.78, 5) is 16.4. The number of allylic oxidation sites excluding steroid dienone is 1. The summed E-state index contributed by atoms with van der Waals surface area (Å²) in [6, 6.07) is 11.9. The third kappa shape index (κ3) is 8.01. The number of carbonyl (C=O) groups excluding carboxylic acids is 1. The number of ether oxygens (including phenoxy) is 2. The highest BCUT2D eigenvalue weighted by atomic mass is 35.5. The second kappa shape index (κ2) is 16.6. The fraction of sp³-hybridized carbons (Fsp3) is 0.553. The lowest BCUT2D eigenvalue weighted by Crippen LogP contribution is -2.54. The molecular weight excluding hydrogens is 679 g/mol. The maximum Gasteiger partial charge on any atom is 0.177 e. The Bertz CT molecular complexity index is 1560. The Morgan fingerprint density at radius 2 is 2.02 bits per heavy atom. The molecule has 268 valence electrons. The molecule has 1 fully saturated rings. The van der Waals surface area contributed by atoms with Crippen molar-refractivity contribution in [2.45, 2.75) is 75.3 Å². The van der Waals surface area contributed by atoms with Gasteiger partial charge in [0.25, 0.3) is 0 Å². The first kappa shape index (κ1) is 37.7. The van der Waals surface area contributed by atoms with E-state index in [0.717, 1.165) is 73.6 Å². The zero-order valence-corrected chi connectivity index (χ0v) is 31.9. The van der Waals surface area contributed by atoms with Gasteiger partial charge in [-0.1, -0.05) is 61.7 Å². The molecule has 7 unspecified atom stereocenters. The average molecular weight is 732 g/mol. The first-order valence-corrected chi connectivity index (χ1v) is 19.5. The van der Waals surface area contributed by atoms with Gasteiger partial charge in [0.15, 0.2) is 5.62 Å². The second-order valence-electron chi connectivity index (χ2n) is 13.8. The maximum absolute atomic E-state index is 12.5. The highest BCUT2D eigenvalue weighted by Crippen LogP contribution is 2.50. The van der Waals surface area contributed by atoms with Crippen molar-refractivity contribution in [2.24, 2.45) is 17.8 Å². The number of likely N-dealkylation sites (N-methyl/N-ethyl adjacent to an activating group) is 1. The van der Waals surface area contributed by atoms with Crippen LogP contribution >= 0.6 is 23.2 Å². The van der Waals surface area contributed by atoms with E-state index in [9.17, 15) is 9.00 Å². The van der Waals surface area contributed by atoms with Crippen LogP contribution in [-0.2, 0) is 22.1 Å². The number of benzene rings is 2. The Labute approximate surface area is 305 Å². The van der Waals surface area contributed by atoms with E-state index in [4.69, 9.17) is 32.7 Å². The largest absolute Gasteiger partial charge is 0.491 e. The van der Waals surface area contributed by atoms with Crippen LogP contribution in [0.5, 0.6) is 5.75 Å². The van der Waals surface area contributed by atoms with E-state index in [1.54, 1.807) is 14.2 Å². The fourth-order valence-electron chi connectivity index (χ4n) is 7.68. The number of nitrogens with one attached hydrogen (secondary N) is 2. The van der Waals surface area contributed by atoms with Crippen LogP contribution in [0.2, 0.25) is 5.02 Å². The van der Waals surface area contributed by atoms with Gasteiger partial charge >= 0.3 is 0 Å². The quantitative estimate of drug-likeness (QED) is 0.0865. The van der Waals surface area contributed by atoms with Crippen LogP contribution in [0, 0.1) is 17.8 Å². The summed E-state index contributed by atoms with van der Waals surface area (Å²) in [5.41, 5.74) is 3.99. The number of carbonyl (C=O) groups is 1. The van der Waals surface area contributed by atoms with Crippen molar-refractivity contribution >= 4 is 46.2 Å². The van der Waals surface area contributed by atoms with Crippen LogP contribution in [-0.4, -0.2) is 72.8 Å². The van der Waals surface area contributed by atoms with E-state index < -0.39 is 16.6 Å². The fourth-order valence-corrected chi connectivity index (χ4v) is 8.95. The molecule has 2 N–H and O–H groups in total. The van der Waals surface area contributed by atoms with Gasteiger partial charge in [0, 0.05) is 61.1 Å². The van der Waals surface area contributed by atoms with Gasteiger partial charge in [-0.3, -0.25) is 4.79 Å². The number of alkyl halides is 1. The van der Waals surface area contributed by atoms with Gasteiger partial charge in [0.05, 0.1) is 29.0 Å². The molecule has 2 aliphatic heterocycles. The molecule has 0 amide bonds. The predicted octanol–water partition coefficient (Wildman–Crippen LogP) is 7.25. The number of halogens is 2. The topological polar surface area (TPSA) is 83.1 Å². The van der Waals surface area contributed by atoms with Crippen LogP contribution in [0.3, 0.4) is 0 Å². The Kier molecular flexibility index (Phi) is 12.8. The Morgan fingerprint density at radius 1 is 1.22 bits per heavy atom. The standard InChI is InChI=1S/C38H52Cl2N4O4S/c1-7-9-28-19-31(39)13-14-32(28)30-22-44(34-18-27(23-45)11-16-35(34)48-24-30)21-29-12-15-33(29)38(47-6,36-20-42-37(40)43(36)5)17-8-10-25(2)26(3)49(46)41-4/h8,11,13-14,16-20,23,25-26,29-30,33,37,41-42H,7,9-10,12,15,21-22,24H2,1-6H3/b17-8+/t25?,26?,29?,30?,33?,37?,38-,49?/m0/s1. The summed E-state index contributed by atoms with van der Waals surface area (Å²) in [5.74, 6) is 1.56. The molecule has 5 rings (SSSR count). The average Bonchev–Trinajstić information content (AvgIpc) is 3.32. The number of fused-ring (bicyclic) bond motifs is 1. The first-order chi connectivity index (χ1) is 23.6. The number of nitrogens with zero attached hydrogens (tertiary/aromatic N) is 2. The van der Waals surface area contributed by atoms with Crippen molar-refractivity contribution in [2.75, 3.05) is 45.8 Å². The normalized spacial score (nSPS) is 25.3. The Hall–Kier alpha value is -2.56. The van der Waals surface area contributed by atoms with E-state index >= 15 is 0 Å². The van der Waals surface area contributed by atoms with Crippen LogP contribution in [0.15, 0.2) is 60.4 Å². The van der Waals surface area contributed by atoms with Gasteiger partial charge in [-0.25, -0.2) is 8.93 Å². The lowest BCUT2D eigenvalue weighted by atomic mass is 9.63. The van der Waals surface area contributed by atoms with Crippen molar-refractivity contribution in [1.82, 2.24) is 14.9 Å². The minimum absolute atomic E-state index is 0.00156. The zero-order chi connectivity index (χ0) is 35.3. The molecule has 3 aliphatic rings. The molecule has 8 atom stereocenters. The van der Waals surface area contributed by atoms with Gasteiger partial charge in [-0.2, -0.15) is 0 Å². The molecular formula is C38H52Cl2N4O4S. The van der Waals surface area contributed by atoms with Gasteiger partial charge in [0.2, 0.25) is 0 Å². The van der Waals surface area contributed by atoms with Crippen molar-refractivity contribution < 1.29 is 18.5 Å². The number of aldehydes is 1. The third-order valence-electron chi connectivity index (χ3n) is 10.9. The van der Waals surface area contributed by atoms with Crippen molar-refractivity contribution in [3.8, 4) is 5.75 Å². The van der Waals surface area contributed by atoms with E-state index in [2.05, 4.69) is 53.1 Å². The molecule has 2 aromatic rings. The molecule has 0 aromatic heterocycles. The molecule has 1 saturated carbocycles. The monoisotopic (exact) mass is 730 g/mol. The van der Waals surface area contributed by atoms with Crippen molar-refractivity contribution in [3.63, 3.8) is 0 Å². The molecule has 1 aliphatic carbocycles. The van der Waals surface area contributed by atoms with E-state index in [1.165, 1.54) is 11.1 Å². The zero-order valence-electron chi connectivity index (χ0n) is 29.6. The molecule has 0 radical (unpaired) electrons. The molecule has 0 saturated heterocycles. The summed E-state index contributed by atoms with van der Waals surface area (Å²) in [5, 5.41) is 4.02. The number of rotatable bonds is 15. The minimum Gasteiger partial charge on any atom is -0.491 e. The van der Waals surface area contributed by atoms with Gasteiger partial charge in [-0.05, 0) is 92.9 Å². The summed E-state index contributed by atoms with van der Waals surface area (Å²) < 4.78 is 28.4. The van der Waals surface area contributed by atoms with Crippen LogP contribution < -0.4 is 19.7 Å². The lowest BCUT2D eigenvalue weighted by molar-refractivity contribution is -0.0620. The highest BCUT2D eigenvalue weighted by molar-refractivity contribution is 7.83.